The molecule has 0 saturated carbocycles. The number of anilines is 1. The fourth-order valence-corrected chi connectivity index (χ4v) is 3.57. The molecular weight excluding hydrogens is 330 g/mol. The van der Waals surface area contributed by atoms with Crippen molar-refractivity contribution in [1.82, 2.24) is 20.0 Å². The van der Waals surface area contributed by atoms with Crippen molar-refractivity contribution in [1.29, 1.82) is 0 Å². The summed E-state index contributed by atoms with van der Waals surface area (Å²) in [7, 11) is 1.70. The predicted octanol–water partition coefficient (Wildman–Crippen LogP) is 3.01. The van der Waals surface area contributed by atoms with Crippen LogP contribution < -0.4 is 10.1 Å². The summed E-state index contributed by atoms with van der Waals surface area (Å²) in [6.45, 7) is 4.89. The van der Waals surface area contributed by atoms with Crippen molar-refractivity contribution in [3.05, 3.63) is 41.9 Å². The number of ether oxygens (including phenoxy) is 1. The molecule has 1 aromatic carbocycles. The Bertz CT molecular complexity index is 895. The molecule has 2 aromatic heterocycles. The van der Waals surface area contributed by atoms with Gasteiger partial charge in [-0.3, -0.25) is 4.90 Å². The molecule has 4 rings (SSSR count). The van der Waals surface area contributed by atoms with Crippen LogP contribution in [0.4, 0.5) is 5.82 Å². The Balaban J connectivity index is 1.45. The smallest absolute Gasteiger partial charge is 0.263 e. The molecule has 0 bridgehead atoms. The van der Waals surface area contributed by atoms with Crippen molar-refractivity contribution >= 4 is 16.9 Å². The molecule has 3 heterocycles. The summed E-state index contributed by atoms with van der Waals surface area (Å²) in [5.74, 6) is 1.71. The molecule has 1 atom stereocenters. The van der Waals surface area contributed by atoms with Gasteiger partial charge in [-0.15, -0.1) is 0 Å². The topological polar surface area (TPSA) is 76.3 Å². The van der Waals surface area contributed by atoms with E-state index in [4.69, 9.17) is 9.26 Å². The van der Waals surface area contributed by atoms with Gasteiger partial charge in [0.05, 0.1) is 12.8 Å². The molecule has 0 unspecified atom stereocenters. The highest BCUT2D eigenvalue weighted by Crippen LogP contribution is 2.25. The molecule has 7 heteroatoms. The van der Waals surface area contributed by atoms with Crippen LogP contribution in [0.25, 0.3) is 11.1 Å². The zero-order valence-electron chi connectivity index (χ0n) is 15.1. The van der Waals surface area contributed by atoms with Crippen molar-refractivity contribution in [2.75, 3.05) is 25.5 Å². The van der Waals surface area contributed by atoms with E-state index in [-0.39, 0.29) is 0 Å². The number of nitrogens with zero attached hydrogens (tertiary/aromatic N) is 4. The SMILES string of the molecule is COc1cccc(CN2CCC[C@@H](Nc3ncnc4onc(C)c34)C2)c1. The maximum absolute atomic E-state index is 5.33. The highest BCUT2D eigenvalue weighted by molar-refractivity contribution is 5.87. The van der Waals surface area contributed by atoms with Crippen LogP contribution in [0.3, 0.4) is 0 Å². The largest absolute Gasteiger partial charge is 0.497 e. The number of hydrogen-bond donors (Lipinski definition) is 1. The normalized spacial score (nSPS) is 18.2. The van der Waals surface area contributed by atoms with E-state index in [1.807, 2.05) is 19.1 Å². The van der Waals surface area contributed by atoms with E-state index in [9.17, 15) is 0 Å². The van der Waals surface area contributed by atoms with Crippen LogP contribution in [0.2, 0.25) is 0 Å². The standard InChI is InChI=1S/C19H23N5O2/c1-13-17-18(20-12-21-19(17)26-23-13)22-15-6-4-8-24(11-15)10-14-5-3-7-16(9-14)25-2/h3,5,7,9,12,15H,4,6,8,10-11H2,1-2H3,(H,20,21,22)/t15-/m1/s1. The van der Waals surface area contributed by atoms with Gasteiger partial charge < -0.3 is 14.6 Å². The Morgan fingerprint density at radius 3 is 3.15 bits per heavy atom. The zero-order chi connectivity index (χ0) is 17.9. The first-order chi connectivity index (χ1) is 12.7. The maximum Gasteiger partial charge on any atom is 0.263 e. The molecule has 0 spiro atoms. The summed E-state index contributed by atoms with van der Waals surface area (Å²) < 4.78 is 10.6. The van der Waals surface area contributed by atoms with E-state index >= 15 is 0 Å². The molecule has 0 amide bonds. The number of piperidine rings is 1. The Morgan fingerprint density at radius 1 is 1.35 bits per heavy atom. The van der Waals surface area contributed by atoms with Crippen molar-refractivity contribution in [2.45, 2.75) is 32.4 Å². The highest BCUT2D eigenvalue weighted by Gasteiger charge is 2.22. The first-order valence-electron chi connectivity index (χ1n) is 8.92. The van der Waals surface area contributed by atoms with E-state index in [2.05, 4.69) is 37.5 Å². The molecule has 1 N–H and O–H groups in total. The molecule has 0 aliphatic carbocycles. The number of aromatic nitrogens is 3. The van der Waals surface area contributed by atoms with Crippen molar-refractivity contribution in [3.63, 3.8) is 0 Å². The second-order valence-corrected chi connectivity index (χ2v) is 6.74. The Labute approximate surface area is 152 Å². The number of likely N-dealkylation sites (tertiary alicyclic amines) is 1. The number of nitrogens with one attached hydrogen (secondary N) is 1. The van der Waals surface area contributed by atoms with Crippen LogP contribution in [0.1, 0.15) is 24.1 Å². The highest BCUT2D eigenvalue weighted by atomic mass is 16.5. The van der Waals surface area contributed by atoms with Crippen molar-refractivity contribution in [2.24, 2.45) is 0 Å². The lowest BCUT2D eigenvalue weighted by molar-refractivity contribution is 0.208. The molecule has 1 aliphatic heterocycles. The number of hydrogen-bond acceptors (Lipinski definition) is 7. The number of benzene rings is 1. The van der Waals surface area contributed by atoms with Gasteiger partial charge in [0.15, 0.2) is 0 Å². The molecular formula is C19H23N5O2. The summed E-state index contributed by atoms with van der Waals surface area (Å²) in [6, 6.07) is 8.60. The molecule has 7 nitrogen and oxygen atoms in total. The molecule has 1 aliphatic rings. The maximum atomic E-state index is 5.33. The third-order valence-electron chi connectivity index (χ3n) is 4.83. The number of methoxy groups -OCH3 is 1. The lowest BCUT2D eigenvalue weighted by Crippen LogP contribution is -2.41. The van der Waals surface area contributed by atoms with Gasteiger partial charge in [0.1, 0.15) is 23.3 Å². The van der Waals surface area contributed by atoms with Gasteiger partial charge in [-0.05, 0) is 44.0 Å². The van der Waals surface area contributed by atoms with Crippen LogP contribution in [-0.2, 0) is 6.54 Å². The summed E-state index contributed by atoms with van der Waals surface area (Å²) in [5, 5.41) is 8.44. The van der Waals surface area contributed by atoms with Gasteiger partial charge in [-0.25, -0.2) is 4.98 Å². The summed E-state index contributed by atoms with van der Waals surface area (Å²) >= 11 is 0. The third-order valence-corrected chi connectivity index (χ3v) is 4.83. The van der Waals surface area contributed by atoms with Gasteiger partial charge in [0.2, 0.25) is 0 Å². The first kappa shape index (κ1) is 16.8. The van der Waals surface area contributed by atoms with Crippen LogP contribution in [0.5, 0.6) is 5.75 Å². The minimum absolute atomic E-state index is 0.335. The van der Waals surface area contributed by atoms with Gasteiger partial charge >= 0.3 is 0 Å². The molecule has 1 saturated heterocycles. The average molecular weight is 353 g/mol. The predicted molar refractivity (Wildman–Crippen MR) is 99.3 cm³/mol. The summed E-state index contributed by atoms with van der Waals surface area (Å²) in [5.41, 5.74) is 2.61. The quantitative estimate of drug-likeness (QED) is 0.755. The van der Waals surface area contributed by atoms with Gasteiger partial charge in [-0.2, -0.15) is 4.98 Å². The fourth-order valence-electron chi connectivity index (χ4n) is 3.57. The van der Waals surface area contributed by atoms with Crippen molar-refractivity contribution in [3.8, 4) is 5.75 Å². The van der Waals surface area contributed by atoms with E-state index in [0.29, 0.717) is 11.8 Å². The second-order valence-electron chi connectivity index (χ2n) is 6.74. The Morgan fingerprint density at radius 2 is 2.27 bits per heavy atom. The van der Waals surface area contributed by atoms with Gasteiger partial charge in [0.25, 0.3) is 5.71 Å². The minimum Gasteiger partial charge on any atom is -0.497 e. The molecule has 136 valence electrons. The number of rotatable bonds is 5. The van der Waals surface area contributed by atoms with E-state index in [1.165, 1.54) is 11.9 Å². The molecule has 1 fully saturated rings. The van der Waals surface area contributed by atoms with Gasteiger partial charge in [-0.1, -0.05) is 17.3 Å². The van der Waals surface area contributed by atoms with Crippen LogP contribution in [-0.4, -0.2) is 46.3 Å². The monoisotopic (exact) mass is 353 g/mol. The van der Waals surface area contributed by atoms with E-state index in [1.54, 1.807) is 7.11 Å². The van der Waals surface area contributed by atoms with E-state index in [0.717, 1.165) is 55.1 Å². The lowest BCUT2D eigenvalue weighted by Gasteiger charge is -2.33. The third kappa shape index (κ3) is 3.48. The van der Waals surface area contributed by atoms with Crippen molar-refractivity contribution < 1.29 is 9.26 Å². The van der Waals surface area contributed by atoms with Crippen LogP contribution in [0.15, 0.2) is 35.1 Å². The minimum atomic E-state index is 0.335. The second kappa shape index (κ2) is 7.29. The fraction of sp³-hybridized carbons (Fsp3) is 0.421. The average Bonchev–Trinajstić information content (AvgIpc) is 3.04. The number of fused-ring (bicyclic) bond motifs is 1. The van der Waals surface area contributed by atoms with Crippen LogP contribution in [0, 0.1) is 6.92 Å². The molecule has 3 aromatic rings. The van der Waals surface area contributed by atoms with E-state index < -0.39 is 0 Å². The summed E-state index contributed by atoms with van der Waals surface area (Å²) in [6.07, 6.45) is 3.79. The first-order valence-corrected chi connectivity index (χ1v) is 8.92. The lowest BCUT2D eigenvalue weighted by atomic mass is 10.0. The number of aryl methyl sites for hydroxylation is 1. The Hall–Kier alpha value is -2.67. The molecule has 26 heavy (non-hydrogen) atoms. The summed E-state index contributed by atoms with van der Waals surface area (Å²) in [4.78, 5) is 11.0. The van der Waals surface area contributed by atoms with Gasteiger partial charge in [0, 0.05) is 19.1 Å². The zero-order valence-corrected chi connectivity index (χ0v) is 15.1. The Kier molecular flexibility index (Phi) is 4.71. The molecule has 0 radical (unpaired) electrons. The van der Waals surface area contributed by atoms with Crippen LogP contribution >= 0.6 is 0 Å².